The molecule has 0 aliphatic rings. The number of nitro groups is 1. The second-order valence-corrected chi connectivity index (χ2v) is 8.90. The Morgan fingerprint density at radius 1 is 1.19 bits per heavy atom. The molecule has 1 heterocycles. The highest BCUT2D eigenvalue weighted by Crippen LogP contribution is 2.30. The molecule has 32 heavy (non-hydrogen) atoms. The number of benzene rings is 2. The number of non-ortho nitro benzene ring substituents is 1. The number of aromatic nitrogens is 3. The highest BCUT2D eigenvalue weighted by molar-refractivity contribution is 7.99. The summed E-state index contributed by atoms with van der Waals surface area (Å²) in [6, 6.07) is 12.9. The Labute approximate surface area is 195 Å². The third kappa shape index (κ3) is 5.86. The molecule has 168 valence electrons. The van der Waals surface area contributed by atoms with Gasteiger partial charge in [0.15, 0.2) is 22.9 Å². The Kier molecular flexibility index (Phi) is 7.87. The van der Waals surface area contributed by atoms with Crippen molar-refractivity contribution in [1.29, 1.82) is 0 Å². The molecule has 8 nitrogen and oxygen atoms in total. The van der Waals surface area contributed by atoms with Crippen molar-refractivity contribution in [3.8, 4) is 5.75 Å². The number of thioether (sulfide) groups is 1. The number of hydrogen-bond donors (Lipinski definition) is 0. The summed E-state index contributed by atoms with van der Waals surface area (Å²) >= 11 is 7.45. The number of ketones is 1. The van der Waals surface area contributed by atoms with Crippen LogP contribution >= 0.6 is 23.4 Å². The maximum atomic E-state index is 12.6. The molecule has 3 aromatic rings. The van der Waals surface area contributed by atoms with E-state index in [0.29, 0.717) is 34.2 Å². The van der Waals surface area contributed by atoms with Gasteiger partial charge >= 0.3 is 0 Å². The number of hydrogen-bond acceptors (Lipinski definition) is 7. The van der Waals surface area contributed by atoms with Crippen molar-refractivity contribution >= 4 is 34.8 Å². The maximum absolute atomic E-state index is 12.6. The van der Waals surface area contributed by atoms with Crippen molar-refractivity contribution in [2.45, 2.75) is 38.6 Å². The molecule has 0 bridgehead atoms. The lowest BCUT2D eigenvalue weighted by molar-refractivity contribution is -0.384. The molecule has 1 atom stereocenters. The Balaban J connectivity index is 1.77. The second kappa shape index (κ2) is 10.6. The van der Waals surface area contributed by atoms with Gasteiger partial charge in [-0.05, 0) is 25.0 Å². The first-order valence-electron chi connectivity index (χ1n) is 10.0. The summed E-state index contributed by atoms with van der Waals surface area (Å²) in [5.41, 5.74) is 0.175. The molecule has 0 radical (unpaired) electrons. The fourth-order valence-corrected chi connectivity index (χ4v) is 4.06. The normalized spacial score (nSPS) is 12.0. The molecule has 10 heteroatoms. The van der Waals surface area contributed by atoms with Crippen LogP contribution in [0.5, 0.6) is 5.75 Å². The van der Waals surface area contributed by atoms with E-state index in [4.69, 9.17) is 16.3 Å². The topological polar surface area (TPSA) is 100 Å². The molecule has 0 saturated carbocycles. The van der Waals surface area contributed by atoms with Crippen LogP contribution in [-0.2, 0) is 6.54 Å². The third-order valence-corrected chi connectivity index (χ3v) is 5.79. The Morgan fingerprint density at radius 3 is 2.62 bits per heavy atom. The van der Waals surface area contributed by atoms with Gasteiger partial charge in [-0.15, -0.1) is 10.2 Å². The van der Waals surface area contributed by atoms with Gasteiger partial charge in [-0.2, -0.15) is 0 Å². The van der Waals surface area contributed by atoms with E-state index in [9.17, 15) is 14.9 Å². The maximum Gasteiger partial charge on any atom is 0.270 e. The molecular formula is C22H23ClN4O4S. The van der Waals surface area contributed by atoms with Crippen molar-refractivity contribution in [3.63, 3.8) is 0 Å². The minimum Gasteiger partial charge on any atom is -0.481 e. The van der Waals surface area contributed by atoms with Crippen molar-refractivity contribution in [1.82, 2.24) is 14.8 Å². The lowest BCUT2D eigenvalue weighted by Crippen LogP contribution is -2.15. The number of carbonyl (C=O) groups is 1. The van der Waals surface area contributed by atoms with Crippen LogP contribution in [0, 0.1) is 16.0 Å². The van der Waals surface area contributed by atoms with Crippen LogP contribution in [0.4, 0.5) is 5.69 Å². The molecule has 0 amide bonds. The van der Waals surface area contributed by atoms with E-state index in [0.717, 1.165) is 0 Å². The lowest BCUT2D eigenvalue weighted by Gasteiger charge is -2.18. The van der Waals surface area contributed by atoms with Crippen molar-refractivity contribution in [2.24, 2.45) is 5.92 Å². The predicted molar refractivity (Wildman–Crippen MR) is 124 cm³/mol. The van der Waals surface area contributed by atoms with Crippen LogP contribution < -0.4 is 4.74 Å². The smallest absolute Gasteiger partial charge is 0.270 e. The van der Waals surface area contributed by atoms with E-state index < -0.39 is 11.0 Å². The van der Waals surface area contributed by atoms with E-state index in [1.54, 1.807) is 18.2 Å². The average Bonchev–Trinajstić information content (AvgIpc) is 3.15. The van der Waals surface area contributed by atoms with Gasteiger partial charge in [0.05, 0.1) is 15.7 Å². The number of nitrogens with zero attached hydrogens (tertiary/aromatic N) is 4. The van der Waals surface area contributed by atoms with Crippen molar-refractivity contribution in [2.75, 3.05) is 5.75 Å². The Hall–Kier alpha value is -2.91. The van der Waals surface area contributed by atoms with E-state index in [1.807, 2.05) is 23.6 Å². The van der Waals surface area contributed by atoms with Crippen LogP contribution in [0.1, 0.15) is 43.1 Å². The summed E-state index contributed by atoms with van der Waals surface area (Å²) in [5.74, 6) is 1.35. The van der Waals surface area contributed by atoms with E-state index >= 15 is 0 Å². The summed E-state index contributed by atoms with van der Waals surface area (Å²) in [6.45, 7) is 6.66. The number of carbonyl (C=O) groups excluding carboxylic acids is 1. The first kappa shape index (κ1) is 23.7. The van der Waals surface area contributed by atoms with Gasteiger partial charge in [-0.3, -0.25) is 14.9 Å². The van der Waals surface area contributed by atoms with Crippen molar-refractivity contribution < 1.29 is 14.5 Å². The Morgan fingerprint density at radius 2 is 1.94 bits per heavy atom. The molecule has 2 aromatic carbocycles. The highest BCUT2D eigenvalue weighted by atomic mass is 35.5. The van der Waals surface area contributed by atoms with E-state index in [2.05, 4.69) is 24.0 Å². The fourth-order valence-electron chi connectivity index (χ4n) is 3.03. The monoisotopic (exact) mass is 474 g/mol. The minimum absolute atomic E-state index is 0.0805. The molecule has 1 aromatic heterocycles. The van der Waals surface area contributed by atoms with Crippen LogP contribution in [0.15, 0.2) is 53.7 Å². The van der Waals surface area contributed by atoms with Gasteiger partial charge in [0.1, 0.15) is 5.75 Å². The largest absolute Gasteiger partial charge is 0.481 e. The van der Waals surface area contributed by atoms with E-state index in [-0.39, 0.29) is 22.8 Å². The Bertz CT molecular complexity index is 1120. The van der Waals surface area contributed by atoms with Gasteiger partial charge in [-0.1, -0.05) is 61.5 Å². The number of rotatable bonds is 10. The van der Waals surface area contributed by atoms with Gasteiger partial charge < -0.3 is 9.30 Å². The first-order valence-corrected chi connectivity index (χ1v) is 11.4. The number of para-hydroxylation sites is 1. The molecule has 0 spiro atoms. The van der Waals surface area contributed by atoms with Crippen LogP contribution in [-0.4, -0.2) is 31.2 Å². The fraction of sp³-hybridized carbons (Fsp3) is 0.318. The molecule has 0 saturated heterocycles. The molecule has 0 fully saturated rings. The van der Waals surface area contributed by atoms with Gasteiger partial charge in [0, 0.05) is 24.2 Å². The molecule has 3 rings (SSSR count). The van der Waals surface area contributed by atoms with Crippen molar-refractivity contribution in [3.05, 3.63) is 75.1 Å². The number of Topliss-reactive ketones (excluding diaryl/α,β-unsaturated/α-hetero) is 1. The zero-order valence-corrected chi connectivity index (χ0v) is 19.5. The molecule has 0 N–H and O–H groups in total. The quantitative estimate of drug-likeness (QED) is 0.163. The SMILES string of the molecule is CC(C)Cn1c(SCC(=O)c2cccc([N+](=O)[O-])c2)nnc1C(C)Oc1ccccc1Cl. The first-order chi connectivity index (χ1) is 15.3. The number of halogens is 1. The number of ether oxygens (including phenoxy) is 1. The summed E-state index contributed by atoms with van der Waals surface area (Å²) in [4.78, 5) is 23.1. The summed E-state index contributed by atoms with van der Waals surface area (Å²) in [6.07, 6.45) is -0.414. The minimum atomic E-state index is -0.518. The zero-order chi connectivity index (χ0) is 23.3. The summed E-state index contributed by atoms with van der Waals surface area (Å²) in [7, 11) is 0. The molecule has 0 aliphatic heterocycles. The van der Waals surface area contributed by atoms with Crippen LogP contribution in [0.25, 0.3) is 0 Å². The van der Waals surface area contributed by atoms with Crippen LogP contribution in [0.3, 0.4) is 0 Å². The van der Waals surface area contributed by atoms with Crippen LogP contribution in [0.2, 0.25) is 5.02 Å². The third-order valence-electron chi connectivity index (χ3n) is 4.51. The lowest BCUT2D eigenvalue weighted by atomic mass is 10.1. The number of nitro benzene ring substituents is 1. The zero-order valence-electron chi connectivity index (χ0n) is 17.9. The predicted octanol–water partition coefficient (Wildman–Crippen LogP) is 5.61. The summed E-state index contributed by atoms with van der Waals surface area (Å²) in [5, 5.41) is 20.6. The molecular weight excluding hydrogens is 452 g/mol. The molecule has 1 unspecified atom stereocenters. The average molecular weight is 475 g/mol. The summed E-state index contributed by atoms with van der Waals surface area (Å²) < 4.78 is 7.94. The van der Waals surface area contributed by atoms with Gasteiger partial charge in [-0.25, -0.2) is 0 Å². The second-order valence-electron chi connectivity index (χ2n) is 7.56. The molecule has 0 aliphatic carbocycles. The standard InChI is InChI=1S/C22H23ClN4O4S/c1-14(2)12-26-21(15(3)31-20-10-5-4-9-18(20)23)24-25-22(26)32-13-19(28)16-7-6-8-17(11-16)27(29)30/h4-11,14-15H,12-13H2,1-3H3. The highest BCUT2D eigenvalue weighted by Gasteiger charge is 2.22. The van der Waals surface area contributed by atoms with Gasteiger partial charge in [0.2, 0.25) is 0 Å². The van der Waals surface area contributed by atoms with Gasteiger partial charge in [0.25, 0.3) is 5.69 Å². The van der Waals surface area contributed by atoms with E-state index in [1.165, 1.54) is 30.0 Å².